The van der Waals surface area contributed by atoms with Gasteiger partial charge in [0.15, 0.2) is 6.61 Å². The average Bonchev–Trinajstić information content (AvgIpc) is 3.21. The van der Waals surface area contributed by atoms with Gasteiger partial charge < -0.3 is 10.2 Å². The Morgan fingerprint density at radius 1 is 1.06 bits per heavy atom. The van der Waals surface area contributed by atoms with E-state index in [0.29, 0.717) is 11.8 Å². The molecule has 11 heteroatoms. The number of hydrogen-bond donors (Lipinski definition) is 1. The lowest BCUT2D eigenvalue weighted by Crippen LogP contribution is -2.39. The van der Waals surface area contributed by atoms with Crippen LogP contribution in [0.15, 0.2) is 58.6 Å². The van der Waals surface area contributed by atoms with E-state index < -0.39 is 26.7 Å². The molecule has 1 heterocycles. The molecule has 182 valence electrons. The number of fused-ring (bicyclic) bond motifs is 1. The molecular formula is C23H24F3N3O4S. The van der Waals surface area contributed by atoms with Crippen molar-refractivity contribution in [3.8, 4) is 0 Å². The predicted molar refractivity (Wildman–Crippen MR) is 119 cm³/mol. The Kier molecular flexibility index (Phi) is 6.94. The topological polar surface area (TPSA) is 88.1 Å². The van der Waals surface area contributed by atoms with E-state index in [1.807, 2.05) is 24.3 Å². The fourth-order valence-electron chi connectivity index (χ4n) is 4.17. The predicted octanol–water partition coefficient (Wildman–Crippen LogP) is 3.15. The normalized spacial score (nSPS) is 17.3. The summed E-state index contributed by atoms with van der Waals surface area (Å²) in [4.78, 5) is 16.9. The molecule has 0 radical (unpaired) electrons. The van der Waals surface area contributed by atoms with Gasteiger partial charge in [0.05, 0.1) is 16.2 Å². The maximum atomic E-state index is 12.9. The molecule has 2 aliphatic rings. The first kappa shape index (κ1) is 24.2. The number of carbonyl (C=O) groups excluding carboxylic acids is 1. The van der Waals surface area contributed by atoms with Crippen LogP contribution < -0.4 is 5.32 Å². The summed E-state index contributed by atoms with van der Waals surface area (Å²) < 4.78 is 65.4. The van der Waals surface area contributed by atoms with Gasteiger partial charge in [0.1, 0.15) is 0 Å². The van der Waals surface area contributed by atoms with Crippen LogP contribution >= 0.6 is 0 Å². The maximum Gasteiger partial charge on any atom is 0.416 e. The number of halogens is 3. The second-order valence-electron chi connectivity index (χ2n) is 8.30. The van der Waals surface area contributed by atoms with Crippen LogP contribution in [0.25, 0.3) is 0 Å². The minimum absolute atomic E-state index is 0.0189. The van der Waals surface area contributed by atoms with Gasteiger partial charge in [-0.05, 0) is 42.2 Å². The van der Waals surface area contributed by atoms with Crippen LogP contribution in [-0.4, -0.2) is 50.1 Å². The second-order valence-corrected chi connectivity index (χ2v) is 10.2. The second kappa shape index (κ2) is 9.75. The summed E-state index contributed by atoms with van der Waals surface area (Å²) in [5.74, 6) is -0.285. The number of hydrogen-bond acceptors (Lipinski definition) is 5. The molecule has 0 atom stereocenters. The van der Waals surface area contributed by atoms with Crippen molar-refractivity contribution in [3.63, 3.8) is 0 Å². The molecule has 2 aromatic carbocycles. The van der Waals surface area contributed by atoms with Crippen LogP contribution in [-0.2, 0) is 38.7 Å². The molecule has 4 rings (SSSR count). The molecule has 0 spiro atoms. The number of sulfonamides is 1. The number of carbonyl (C=O) groups is 1. The Labute approximate surface area is 195 Å². The summed E-state index contributed by atoms with van der Waals surface area (Å²) in [6.07, 6.45) is -2.56. The Hall–Kier alpha value is -2.92. The number of nitrogens with one attached hydrogen (secondary N) is 1. The summed E-state index contributed by atoms with van der Waals surface area (Å²) in [5, 5.41) is 6.88. The first-order valence-corrected chi connectivity index (χ1v) is 12.3. The summed E-state index contributed by atoms with van der Waals surface area (Å²) in [6, 6.07) is 11.8. The van der Waals surface area contributed by atoms with E-state index in [2.05, 4.69) is 10.5 Å². The van der Waals surface area contributed by atoms with Crippen LogP contribution in [0.1, 0.15) is 29.5 Å². The molecule has 1 amide bonds. The lowest BCUT2D eigenvalue weighted by atomic mass is 10.1. The van der Waals surface area contributed by atoms with Gasteiger partial charge in [-0.3, -0.25) is 4.79 Å². The van der Waals surface area contributed by atoms with Crippen molar-refractivity contribution < 1.29 is 31.2 Å². The largest absolute Gasteiger partial charge is 0.416 e. The van der Waals surface area contributed by atoms with Crippen molar-refractivity contribution in [2.45, 2.75) is 42.8 Å². The van der Waals surface area contributed by atoms with Crippen molar-refractivity contribution in [2.24, 2.45) is 5.16 Å². The van der Waals surface area contributed by atoms with Crippen LogP contribution in [0.2, 0.25) is 0 Å². The van der Waals surface area contributed by atoms with Crippen molar-refractivity contribution in [1.82, 2.24) is 9.62 Å². The van der Waals surface area contributed by atoms with Gasteiger partial charge in [0, 0.05) is 32.0 Å². The minimum atomic E-state index is -4.63. The fraction of sp³-hybridized carbons (Fsp3) is 0.391. The highest BCUT2D eigenvalue weighted by molar-refractivity contribution is 7.89. The molecule has 2 aromatic rings. The first-order chi connectivity index (χ1) is 16.1. The maximum absolute atomic E-state index is 12.9. The Morgan fingerprint density at radius 3 is 2.32 bits per heavy atom. The molecule has 0 bridgehead atoms. The Morgan fingerprint density at radius 2 is 1.71 bits per heavy atom. The highest BCUT2D eigenvalue weighted by Crippen LogP contribution is 2.31. The molecular weight excluding hydrogens is 471 g/mol. The molecule has 7 nitrogen and oxygen atoms in total. The van der Waals surface area contributed by atoms with Crippen LogP contribution in [0.4, 0.5) is 13.2 Å². The van der Waals surface area contributed by atoms with E-state index in [4.69, 9.17) is 4.84 Å². The van der Waals surface area contributed by atoms with Gasteiger partial charge in [0.2, 0.25) is 10.0 Å². The zero-order valence-electron chi connectivity index (χ0n) is 18.2. The highest BCUT2D eigenvalue weighted by Gasteiger charge is 2.34. The van der Waals surface area contributed by atoms with Gasteiger partial charge in [-0.15, -0.1) is 0 Å². The lowest BCUT2D eigenvalue weighted by Gasteiger charge is -2.26. The van der Waals surface area contributed by atoms with Gasteiger partial charge in [-0.2, -0.15) is 17.5 Å². The molecule has 0 unspecified atom stereocenters. The van der Waals surface area contributed by atoms with Crippen LogP contribution in [0.5, 0.6) is 0 Å². The number of amides is 1. The van der Waals surface area contributed by atoms with E-state index in [9.17, 15) is 26.4 Å². The third kappa shape index (κ3) is 5.58. The van der Waals surface area contributed by atoms with Gasteiger partial charge in [-0.1, -0.05) is 35.5 Å². The van der Waals surface area contributed by atoms with Crippen molar-refractivity contribution in [2.75, 3.05) is 19.7 Å². The molecule has 1 saturated heterocycles. The number of alkyl halides is 3. The van der Waals surface area contributed by atoms with E-state index in [1.54, 1.807) is 0 Å². The third-order valence-electron chi connectivity index (χ3n) is 5.90. The van der Waals surface area contributed by atoms with Crippen LogP contribution in [0.3, 0.4) is 0 Å². The molecule has 0 aromatic heterocycles. The third-order valence-corrected chi connectivity index (χ3v) is 7.80. The fourth-order valence-corrected chi connectivity index (χ4v) is 5.66. The van der Waals surface area contributed by atoms with E-state index in [1.165, 1.54) is 11.1 Å². The zero-order chi connectivity index (χ0) is 24.3. The summed E-state index contributed by atoms with van der Waals surface area (Å²) in [6.45, 7) is -0.122. The van der Waals surface area contributed by atoms with Gasteiger partial charge >= 0.3 is 6.18 Å². The summed E-state index contributed by atoms with van der Waals surface area (Å²) in [5.41, 5.74) is 2.03. The number of rotatable bonds is 6. The van der Waals surface area contributed by atoms with Crippen molar-refractivity contribution in [3.05, 3.63) is 65.2 Å². The average molecular weight is 496 g/mol. The van der Waals surface area contributed by atoms with Crippen molar-refractivity contribution >= 4 is 21.6 Å². The quantitative estimate of drug-likeness (QED) is 0.624. The number of oxime groups is 1. The molecule has 0 saturated carbocycles. The number of benzene rings is 2. The van der Waals surface area contributed by atoms with Crippen LogP contribution in [0, 0.1) is 0 Å². The van der Waals surface area contributed by atoms with E-state index >= 15 is 0 Å². The highest BCUT2D eigenvalue weighted by atomic mass is 32.2. The van der Waals surface area contributed by atoms with Gasteiger partial charge in [0.25, 0.3) is 5.91 Å². The summed E-state index contributed by atoms with van der Waals surface area (Å²) >= 11 is 0. The number of nitrogens with zero attached hydrogens (tertiary/aromatic N) is 2. The number of piperidine rings is 1. The van der Waals surface area contributed by atoms with Crippen molar-refractivity contribution in [1.29, 1.82) is 0 Å². The van der Waals surface area contributed by atoms with E-state index in [0.717, 1.165) is 35.3 Å². The zero-order valence-corrected chi connectivity index (χ0v) is 19.0. The Balaban J connectivity index is 1.25. The Bertz CT molecular complexity index is 1160. The smallest absolute Gasteiger partial charge is 0.386 e. The summed E-state index contributed by atoms with van der Waals surface area (Å²) in [7, 11) is -4.06. The molecule has 1 fully saturated rings. The van der Waals surface area contributed by atoms with E-state index in [-0.39, 0.29) is 44.5 Å². The standard InChI is InChI=1S/C23H24F3N3O4S/c24-23(25,26)18-6-3-7-21(14-18)34(31,32)29-10-8-19(9-11-29)28-33-15-22(30)27-20-12-16-4-1-2-5-17(16)13-20/h1-7,14,20H,8-13,15H2,(H,27,30). The molecule has 1 N–H and O–H groups in total. The lowest BCUT2D eigenvalue weighted by molar-refractivity contribution is -0.137. The first-order valence-electron chi connectivity index (χ1n) is 10.8. The molecule has 1 aliphatic heterocycles. The molecule has 34 heavy (non-hydrogen) atoms. The molecule has 1 aliphatic carbocycles. The monoisotopic (exact) mass is 495 g/mol. The SMILES string of the molecule is O=C(CON=C1CCN(S(=O)(=O)c2cccc(C(F)(F)F)c2)CC1)NC1Cc2ccccc2C1. The minimum Gasteiger partial charge on any atom is -0.386 e. The van der Waals surface area contributed by atoms with Gasteiger partial charge in [-0.25, -0.2) is 8.42 Å².